The first kappa shape index (κ1) is 21.6. The van der Waals surface area contributed by atoms with Gasteiger partial charge in [0.1, 0.15) is 11.5 Å². The van der Waals surface area contributed by atoms with Crippen LogP contribution in [0.5, 0.6) is 5.75 Å². The van der Waals surface area contributed by atoms with Gasteiger partial charge >= 0.3 is 5.69 Å². The van der Waals surface area contributed by atoms with Gasteiger partial charge in [-0.25, -0.2) is 5.43 Å². The smallest absolute Gasteiger partial charge is 0.310 e. The minimum absolute atomic E-state index is 0.0178. The van der Waals surface area contributed by atoms with E-state index in [0.717, 1.165) is 0 Å². The van der Waals surface area contributed by atoms with E-state index in [1.54, 1.807) is 24.3 Å². The summed E-state index contributed by atoms with van der Waals surface area (Å²) in [5, 5.41) is 15.7. The number of furan rings is 1. The van der Waals surface area contributed by atoms with E-state index >= 15 is 0 Å². The van der Waals surface area contributed by atoms with Crippen LogP contribution in [-0.2, 0) is 4.79 Å². The molecule has 3 rings (SSSR count). The second-order valence-corrected chi connectivity index (χ2v) is 6.98. The first-order chi connectivity index (χ1) is 14.3. The van der Waals surface area contributed by atoms with Gasteiger partial charge in [0.25, 0.3) is 5.91 Å². The summed E-state index contributed by atoms with van der Waals surface area (Å²) in [5.41, 5.74) is 2.55. The van der Waals surface area contributed by atoms with Gasteiger partial charge in [-0.3, -0.25) is 14.9 Å². The molecule has 0 bridgehead atoms. The zero-order valence-electron chi connectivity index (χ0n) is 15.0. The quantitative estimate of drug-likeness (QED) is 0.218. The van der Waals surface area contributed by atoms with Crippen molar-refractivity contribution in [2.24, 2.45) is 5.10 Å². The third-order valence-electron chi connectivity index (χ3n) is 3.70. The maximum Gasteiger partial charge on any atom is 0.310 e. The Morgan fingerprint density at radius 1 is 1.13 bits per heavy atom. The molecule has 0 aliphatic carbocycles. The Hall–Kier alpha value is -3.07. The molecule has 0 unspecified atom stereocenters. The lowest BCUT2D eigenvalue weighted by atomic mass is 10.2. The highest BCUT2D eigenvalue weighted by Gasteiger charge is 2.15. The summed E-state index contributed by atoms with van der Waals surface area (Å²) in [6.45, 7) is -0.454. The van der Waals surface area contributed by atoms with Crippen LogP contribution >= 0.6 is 34.8 Å². The highest BCUT2D eigenvalue weighted by atomic mass is 35.5. The maximum atomic E-state index is 11.8. The van der Waals surface area contributed by atoms with E-state index in [-0.39, 0.29) is 11.4 Å². The molecule has 11 heteroatoms. The van der Waals surface area contributed by atoms with Crippen molar-refractivity contribution in [3.8, 4) is 17.1 Å². The second kappa shape index (κ2) is 9.62. The van der Waals surface area contributed by atoms with Gasteiger partial charge in [0.05, 0.1) is 26.2 Å². The number of nitrogens with zero attached hydrogens (tertiary/aromatic N) is 2. The maximum absolute atomic E-state index is 11.8. The number of hydrogen-bond donors (Lipinski definition) is 1. The molecule has 0 radical (unpaired) electrons. The molecule has 1 aromatic heterocycles. The van der Waals surface area contributed by atoms with Crippen LogP contribution in [0.25, 0.3) is 11.3 Å². The number of hydrogen-bond acceptors (Lipinski definition) is 6. The summed E-state index contributed by atoms with van der Waals surface area (Å²) in [4.78, 5) is 22.2. The van der Waals surface area contributed by atoms with Crippen molar-refractivity contribution in [1.29, 1.82) is 0 Å². The number of para-hydroxylation sites is 2. The summed E-state index contributed by atoms with van der Waals surface area (Å²) in [6.07, 6.45) is 1.28. The van der Waals surface area contributed by atoms with Crippen LogP contribution in [-0.4, -0.2) is 23.7 Å². The van der Waals surface area contributed by atoms with Gasteiger partial charge in [0.2, 0.25) is 0 Å². The number of carbonyl (C=O) groups excluding carboxylic acids is 1. The Kier molecular flexibility index (Phi) is 6.94. The lowest BCUT2D eigenvalue weighted by Gasteiger charge is -2.05. The van der Waals surface area contributed by atoms with E-state index in [9.17, 15) is 14.9 Å². The van der Waals surface area contributed by atoms with Crippen LogP contribution in [0.15, 0.2) is 58.0 Å². The fourth-order valence-electron chi connectivity index (χ4n) is 2.35. The van der Waals surface area contributed by atoms with Crippen molar-refractivity contribution in [2.75, 3.05) is 6.61 Å². The third kappa shape index (κ3) is 5.29. The molecule has 0 aliphatic heterocycles. The first-order valence-electron chi connectivity index (χ1n) is 8.28. The molecule has 0 aliphatic rings. The van der Waals surface area contributed by atoms with E-state index in [1.165, 1.54) is 30.5 Å². The Morgan fingerprint density at radius 3 is 2.63 bits per heavy atom. The van der Waals surface area contributed by atoms with Crippen molar-refractivity contribution in [3.63, 3.8) is 0 Å². The van der Waals surface area contributed by atoms with Crippen LogP contribution in [0.1, 0.15) is 5.76 Å². The van der Waals surface area contributed by atoms with Crippen molar-refractivity contribution in [2.45, 2.75) is 0 Å². The number of nitro groups is 1. The van der Waals surface area contributed by atoms with Gasteiger partial charge in [-0.1, -0.05) is 46.9 Å². The van der Waals surface area contributed by atoms with Crippen molar-refractivity contribution in [1.82, 2.24) is 5.43 Å². The minimum Gasteiger partial charge on any atom is -0.477 e. The van der Waals surface area contributed by atoms with Crippen LogP contribution in [0.3, 0.4) is 0 Å². The average molecular weight is 469 g/mol. The molecule has 8 nitrogen and oxygen atoms in total. The average Bonchev–Trinajstić information content (AvgIpc) is 3.18. The number of ether oxygens (including phenoxy) is 1. The van der Waals surface area contributed by atoms with Crippen molar-refractivity contribution in [3.05, 3.63) is 79.5 Å². The molecule has 0 fully saturated rings. The number of carbonyl (C=O) groups is 1. The molecule has 1 N–H and O–H groups in total. The largest absolute Gasteiger partial charge is 0.477 e. The summed E-state index contributed by atoms with van der Waals surface area (Å²) >= 11 is 18.1. The number of nitro benzene ring substituents is 1. The predicted molar refractivity (Wildman–Crippen MR) is 114 cm³/mol. The minimum atomic E-state index is -0.608. The molecule has 154 valence electrons. The summed E-state index contributed by atoms with van der Waals surface area (Å²) in [6, 6.07) is 12.1. The van der Waals surface area contributed by atoms with Gasteiger partial charge in [0.15, 0.2) is 12.4 Å². The fourth-order valence-corrected chi connectivity index (χ4v) is 2.99. The van der Waals surface area contributed by atoms with Crippen LogP contribution in [0.2, 0.25) is 15.1 Å². The van der Waals surface area contributed by atoms with Gasteiger partial charge in [-0.15, -0.1) is 0 Å². The number of hydrazone groups is 1. The molecular formula is C19H12Cl3N3O5. The number of halogens is 3. The zero-order chi connectivity index (χ0) is 21.7. The van der Waals surface area contributed by atoms with E-state index in [0.29, 0.717) is 32.2 Å². The molecular weight excluding hydrogens is 457 g/mol. The van der Waals surface area contributed by atoms with Crippen molar-refractivity contribution < 1.29 is 18.9 Å². The zero-order valence-corrected chi connectivity index (χ0v) is 17.2. The molecule has 0 spiro atoms. The van der Waals surface area contributed by atoms with Crippen LogP contribution in [0.4, 0.5) is 5.69 Å². The Balaban J connectivity index is 1.58. The molecule has 0 saturated carbocycles. The number of benzene rings is 2. The summed E-state index contributed by atoms with van der Waals surface area (Å²) in [7, 11) is 0. The number of amides is 1. The van der Waals surface area contributed by atoms with Gasteiger partial charge in [-0.2, -0.15) is 5.10 Å². The van der Waals surface area contributed by atoms with E-state index in [4.69, 9.17) is 44.0 Å². The molecule has 3 aromatic rings. The SMILES string of the molecule is O=C(COc1ccccc1[N+](=O)[O-])N/N=C/c1ccc(-c2cc(Cl)c(Cl)cc2Cl)o1. The topological polar surface area (TPSA) is 107 Å². The lowest BCUT2D eigenvalue weighted by Crippen LogP contribution is -2.24. The summed E-state index contributed by atoms with van der Waals surface area (Å²) in [5.74, 6) is 0.151. The van der Waals surface area contributed by atoms with Gasteiger partial charge in [-0.05, 0) is 30.3 Å². The molecule has 0 saturated heterocycles. The first-order valence-corrected chi connectivity index (χ1v) is 9.41. The highest BCUT2D eigenvalue weighted by Crippen LogP contribution is 2.35. The van der Waals surface area contributed by atoms with Crippen LogP contribution in [0, 0.1) is 10.1 Å². The number of rotatable bonds is 7. The predicted octanol–water partition coefficient (Wildman–Crippen LogP) is 5.34. The van der Waals surface area contributed by atoms with Gasteiger partial charge < -0.3 is 9.15 Å². The van der Waals surface area contributed by atoms with Gasteiger partial charge in [0, 0.05) is 11.6 Å². The third-order valence-corrected chi connectivity index (χ3v) is 4.74. The fraction of sp³-hybridized carbons (Fsp3) is 0.0526. The molecule has 2 aromatic carbocycles. The molecule has 0 atom stereocenters. The Bertz CT molecular complexity index is 1130. The Labute approximate surface area is 185 Å². The molecule has 1 heterocycles. The molecule has 1 amide bonds. The monoisotopic (exact) mass is 467 g/mol. The van der Waals surface area contributed by atoms with E-state index in [2.05, 4.69) is 10.5 Å². The molecule has 30 heavy (non-hydrogen) atoms. The van der Waals surface area contributed by atoms with Crippen LogP contribution < -0.4 is 10.2 Å². The van der Waals surface area contributed by atoms with Crippen molar-refractivity contribution >= 4 is 52.6 Å². The van der Waals surface area contributed by atoms with E-state index in [1.807, 2.05) is 0 Å². The normalized spacial score (nSPS) is 10.9. The number of nitrogens with one attached hydrogen (secondary N) is 1. The second-order valence-electron chi connectivity index (χ2n) is 5.75. The summed E-state index contributed by atoms with van der Waals surface area (Å²) < 4.78 is 10.8. The highest BCUT2D eigenvalue weighted by molar-refractivity contribution is 6.44. The van der Waals surface area contributed by atoms with E-state index < -0.39 is 17.4 Å². The standard InChI is InChI=1S/C19H12Cl3N3O5/c20-13-8-15(22)14(21)7-12(13)17-6-5-11(30-17)9-23-24-19(26)10-29-18-4-2-1-3-16(18)25(27)28/h1-9H,10H2,(H,24,26)/b23-9+. The Morgan fingerprint density at radius 2 is 1.87 bits per heavy atom. The lowest BCUT2D eigenvalue weighted by molar-refractivity contribution is -0.385.